The highest BCUT2D eigenvalue weighted by atomic mass is 32.1. The molecule has 0 aliphatic carbocycles. The molecule has 5 heteroatoms. The van der Waals surface area contributed by atoms with Crippen molar-refractivity contribution in [3.8, 4) is 0 Å². The molecule has 0 aliphatic rings. The topological polar surface area (TPSA) is 64.7 Å². The number of nitrogens with zero attached hydrogens (tertiary/aromatic N) is 1. The van der Waals surface area contributed by atoms with Crippen molar-refractivity contribution in [3.63, 3.8) is 0 Å². The van der Waals surface area contributed by atoms with Crippen molar-refractivity contribution in [2.75, 3.05) is 7.11 Å². The van der Waals surface area contributed by atoms with Crippen LogP contribution >= 0.6 is 11.3 Å². The van der Waals surface area contributed by atoms with Gasteiger partial charge in [-0.05, 0) is 17.9 Å². The predicted octanol–water partition coefficient (Wildman–Crippen LogP) is 1.46. The van der Waals surface area contributed by atoms with Gasteiger partial charge in [0.1, 0.15) is 5.00 Å². The van der Waals surface area contributed by atoms with Gasteiger partial charge in [-0.25, -0.2) is 9.79 Å². The van der Waals surface area contributed by atoms with E-state index in [9.17, 15) is 4.79 Å². The van der Waals surface area contributed by atoms with Crippen LogP contribution in [0.15, 0.2) is 10.4 Å². The largest absolute Gasteiger partial charge is 0.465 e. The second-order valence-corrected chi connectivity index (χ2v) is 3.23. The monoisotopic (exact) mass is 198 g/mol. The van der Waals surface area contributed by atoms with E-state index in [0.29, 0.717) is 10.6 Å². The molecule has 0 aromatic carbocycles. The summed E-state index contributed by atoms with van der Waals surface area (Å²) < 4.78 is 4.62. The fourth-order valence-electron chi connectivity index (χ4n) is 0.944. The maximum Gasteiger partial charge on any atom is 0.341 e. The Morgan fingerprint density at radius 3 is 3.00 bits per heavy atom. The van der Waals surface area contributed by atoms with Gasteiger partial charge in [-0.15, -0.1) is 11.3 Å². The lowest BCUT2D eigenvalue weighted by Crippen LogP contribution is -2.01. The fourth-order valence-corrected chi connectivity index (χ4v) is 1.83. The Labute approximate surface area is 80.0 Å². The van der Waals surface area contributed by atoms with Gasteiger partial charge in [0.05, 0.1) is 19.0 Å². The Bertz CT molecular complexity index is 344. The fraction of sp³-hybridized carbons (Fsp3) is 0.250. The van der Waals surface area contributed by atoms with Crippen LogP contribution in [0.4, 0.5) is 5.00 Å². The van der Waals surface area contributed by atoms with Crippen LogP contribution in [0.5, 0.6) is 0 Å². The van der Waals surface area contributed by atoms with E-state index in [0.717, 1.165) is 11.9 Å². The van der Waals surface area contributed by atoms with Crippen LogP contribution in [0.1, 0.15) is 15.9 Å². The molecule has 0 unspecified atom stereocenters. The summed E-state index contributed by atoms with van der Waals surface area (Å²) in [5.74, 6) is -0.376. The zero-order valence-electron chi connectivity index (χ0n) is 7.40. The summed E-state index contributed by atoms with van der Waals surface area (Å²) in [6.07, 6.45) is 1.16. The van der Waals surface area contributed by atoms with Crippen molar-refractivity contribution in [1.29, 1.82) is 0 Å². The Morgan fingerprint density at radius 2 is 2.46 bits per heavy atom. The summed E-state index contributed by atoms with van der Waals surface area (Å²) in [4.78, 5) is 15.1. The third-order valence-corrected chi connectivity index (χ3v) is 2.54. The van der Waals surface area contributed by atoms with E-state index in [1.54, 1.807) is 0 Å². The molecule has 0 amide bonds. The van der Waals surface area contributed by atoms with Gasteiger partial charge in [-0.1, -0.05) is 0 Å². The van der Waals surface area contributed by atoms with Gasteiger partial charge in [0.15, 0.2) is 0 Å². The summed E-state index contributed by atoms with van der Waals surface area (Å²) in [5, 5.41) is 2.43. The Morgan fingerprint density at radius 1 is 1.77 bits per heavy atom. The van der Waals surface area contributed by atoms with E-state index in [1.165, 1.54) is 18.4 Å². The molecule has 0 spiro atoms. The van der Waals surface area contributed by atoms with Gasteiger partial charge in [0.25, 0.3) is 0 Å². The molecular weight excluding hydrogens is 188 g/mol. The number of aryl methyl sites for hydroxylation is 1. The second-order valence-electron chi connectivity index (χ2n) is 2.37. The Balaban J connectivity index is 3.15. The summed E-state index contributed by atoms with van der Waals surface area (Å²) >= 11 is 1.37. The lowest BCUT2D eigenvalue weighted by Gasteiger charge is -1.98. The van der Waals surface area contributed by atoms with Gasteiger partial charge in [-0.2, -0.15) is 0 Å². The number of nitrogens with two attached hydrogens (primary N) is 1. The van der Waals surface area contributed by atoms with Gasteiger partial charge in [-0.3, -0.25) is 0 Å². The van der Waals surface area contributed by atoms with E-state index in [1.807, 2.05) is 12.3 Å². The van der Waals surface area contributed by atoms with Gasteiger partial charge in [0.2, 0.25) is 0 Å². The summed E-state index contributed by atoms with van der Waals surface area (Å²) in [6, 6.07) is 0. The standard InChI is InChI=1S/C8H10N2O2S/c1-5-3-13-7(10-4-9)6(5)8(11)12-2/h3-4H,1-2H3,(H2,9,10). The zero-order valence-corrected chi connectivity index (χ0v) is 8.22. The first-order chi connectivity index (χ1) is 6.20. The molecule has 2 N–H and O–H groups in total. The van der Waals surface area contributed by atoms with Crippen LogP contribution < -0.4 is 5.73 Å². The highest BCUT2D eigenvalue weighted by Gasteiger charge is 2.16. The number of rotatable bonds is 2. The highest BCUT2D eigenvalue weighted by Crippen LogP contribution is 2.30. The Kier molecular flexibility index (Phi) is 3.02. The first kappa shape index (κ1) is 9.73. The molecule has 0 fully saturated rings. The number of methoxy groups -OCH3 is 1. The average molecular weight is 198 g/mol. The van der Waals surface area contributed by atoms with Crippen LogP contribution in [0.3, 0.4) is 0 Å². The van der Waals surface area contributed by atoms with Crippen LogP contribution in [-0.4, -0.2) is 19.4 Å². The molecule has 0 saturated carbocycles. The smallest absolute Gasteiger partial charge is 0.341 e. The molecule has 0 saturated heterocycles. The molecule has 1 heterocycles. The molecular formula is C8H10N2O2S. The molecule has 70 valence electrons. The van der Waals surface area contributed by atoms with E-state index < -0.39 is 0 Å². The van der Waals surface area contributed by atoms with E-state index >= 15 is 0 Å². The van der Waals surface area contributed by atoms with Crippen LogP contribution in [-0.2, 0) is 4.74 Å². The number of hydrogen-bond acceptors (Lipinski definition) is 4. The van der Waals surface area contributed by atoms with Crippen LogP contribution in [0.25, 0.3) is 0 Å². The third kappa shape index (κ3) is 1.86. The SMILES string of the molecule is COC(=O)c1c(C)csc1/N=C/N. The van der Waals surface area contributed by atoms with Crippen LogP contribution in [0.2, 0.25) is 0 Å². The summed E-state index contributed by atoms with van der Waals surface area (Å²) in [7, 11) is 1.34. The lowest BCUT2D eigenvalue weighted by atomic mass is 10.2. The molecule has 0 atom stereocenters. The van der Waals surface area contributed by atoms with Crippen molar-refractivity contribution < 1.29 is 9.53 Å². The number of thiophene rings is 1. The number of hydrogen-bond donors (Lipinski definition) is 1. The predicted molar refractivity (Wildman–Crippen MR) is 52.7 cm³/mol. The Hall–Kier alpha value is -1.36. The van der Waals surface area contributed by atoms with E-state index in [4.69, 9.17) is 5.73 Å². The first-order valence-corrected chi connectivity index (χ1v) is 4.49. The minimum Gasteiger partial charge on any atom is -0.465 e. The molecule has 4 nitrogen and oxygen atoms in total. The molecule has 1 aromatic rings. The van der Waals surface area contributed by atoms with Gasteiger partial charge < -0.3 is 10.5 Å². The van der Waals surface area contributed by atoms with Crippen molar-refractivity contribution in [2.45, 2.75) is 6.92 Å². The van der Waals surface area contributed by atoms with Gasteiger partial charge in [0, 0.05) is 0 Å². The zero-order chi connectivity index (χ0) is 9.84. The maximum atomic E-state index is 11.3. The minimum absolute atomic E-state index is 0.376. The third-order valence-electron chi connectivity index (χ3n) is 1.54. The number of aliphatic imine (C=N–C) groups is 1. The molecule has 0 bridgehead atoms. The number of carbonyl (C=O) groups excluding carboxylic acids is 1. The number of carbonyl (C=O) groups is 1. The minimum atomic E-state index is -0.376. The van der Waals surface area contributed by atoms with E-state index in [-0.39, 0.29) is 5.97 Å². The van der Waals surface area contributed by atoms with Crippen LogP contribution in [0, 0.1) is 6.92 Å². The molecule has 13 heavy (non-hydrogen) atoms. The normalized spacial score (nSPS) is 10.6. The van der Waals surface area contributed by atoms with Crippen molar-refractivity contribution in [1.82, 2.24) is 0 Å². The van der Waals surface area contributed by atoms with Crippen molar-refractivity contribution in [2.24, 2.45) is 10.7 Å². The average Bonchev–Trinajstić information content (AvgIpc) is 2.47. The summed E-state index contributed by atoms with van der Waals surface area (Å²) in [6.45, 7) is 1.83. The number of esters is 1. The van der Waals surface area contributed by atoms with E-state index in [2.05, 4.69) is 9.73 Å². The lowest BCUT2D eigenvalue weighted by molar-refractivity contribution is 0.0601. The molecule has 1 rings (SSSR count). The quantitative estimate of drug-likeness (QED) is 0.444. The van der Waals surface area contributed by atoms with Crippen molar-refractivity contribution in [3.05, 3.63) is 16.5 Å². The number of ether oxygens (including phenoxy) is 1. The van der Waals surface area contributed by atoms with Gasteiger partial charge >= 0.3 is 5.97 Å². The highest BCUT2D eigenvalue weighted by molar-refractivity contribution is 7.14. The van der Waals surface area contributed by atoms with Crippen molar-refractivity contribution >= 4 is 28.6 Å². The maximum absolute atomic E-state index is 11.3. The first-order valence-electron chi connectivity index (χ1n) is 3.61. The summed E-state index contributed by atoms with van der Waals surface area (Å²) in [5.41, 5.74) is 6.50. The molecule has 1 aromatic heterocycles. The molecule has 0 radical (unpaired) electrons. The molecule has 0 aliphatic heterocycles. The second kappa shape index (κ2) is 4.04.